The topological polar surface area (TPSA) is 79.5 Å². The molecule has 0 unspecified atom stereocenters. The van der Waals surface area contributed by atoms with Crippen molar-refractivity contribution in [3.63, 3.8) is 0 Å². The van der Waals surface area contributed by atoms with E-state index >= 15 is 0 Å². The van der Waals surface area contributed by atoms with Crippen LogP contribution in [0.2, 0.25) is 5.02 Å². The predicted molar refractivity (Wildman–Crippen MR) is 96.8 cm³/mol. The van der Waals surface area contributed by atoms with Gasteiger partial charge in [0.2, 0.25) is 0 Å². The highest BCUT2D eigenvalue weighted by Crippen LogP contribution is 2.40. The van der Waals surface area contributed by atoms with Crippen LogP contribution in [0.15, 0.2) is 46.2 Å². The summed E-state index contributed by atoms with van der Waals surface area (Å²) in [4.78, 5) is 23.7. The number of nitrogens with zero attached hydrogens (tertiary/aromatic N) is 1. The van der Waals surface area contributed by atoms with Gasteiger partial charge in [0, 0.05) is 20.9 Å². The number of benzene rings is 2. The van der Waals surface area contributed by atoms with E-state index in [1.54, 1.807) is 25.1 Å². The predicted octanol–water partition coefficient (Wildman–Crippen LogP) is 4.68. The Morgan fingerprint density at radius 2 is 1.96 bits per heavy atom. The number of aromatic nitrogens is 1. The van der Waals surface area contributed by atoms with Gasteiger partial charge in [-0.3, -0.25) is 4.79 Å². The van der Waals surface area contributed by atoms with E-state index in [2.05, 4.69) is 0 Å². The number of hydrogen-bond acceptors (Lipinski definition) is 3. The fourth-order valence-corrected chi connectivity index (χ4v) is 4.00. The Morgan fingerprint density at radius 1 is 1.23 bits per heavy atom. The highest BCUT2D eigenvalue weighted by Gasteiger charge is 2.21. The SMILES string of the molecule is Cc1c(Sc2cccc(C(=O)O)c2)c2ccc(Cl)c(F)c2n1CC(=O)O. The van der Waals surface area contributed by atoms with Gasteiger partial charge in [-0.05, 0) is 37.3 Å². The van der Waals surface area contributed by atoms with E-state index in [-0.39, 0.29) is 16.1 Å². The first-order valence-corrected chi connectivity index (χ1v) is 8.69. The van der Waals surface area contributed by atoms with Crippen molar-refractivity contribution >= 4 is 46.2 Å². The van der Waals surface area contributed by atoms with E-state index in [0.717, 1.165) is 0 Å². The highest BCUT2D eigenvalue weighted by atomic mass is 35.5. The molecule has 1 heterocycles. The van der Waals surface area contributed by atoms with Crippen molar-refractivity contribution in [2.24, 2.45) is 0 Å². The lowest BCUT2D eigenvalue weighted by Gasteiger charge is -2.06. The summed E-state index contributed by atoms with van der Waals surface area (Å²) in [6.07, 6.45) is 0. The molecule has 2 N–H and O–H groups in total. The zero-order chi connectivity index (χ0) is 19.0. The average Bonchev–Trinajstić information content (AvgIpc) is 2.84. The van der Waals surface area contributed by atoms with Crippen LogP contribution in [0.25, 0.3) is 10.9 Å². The number of carbonyl (C=O) groups is 2. The molecule has 0 spiro atoms. The normalized spacial score (nSPS) is 11.0. The van der Waals surface area contributed by atoms with Crippen LogP contribution in [-0.2, 0) is 11.3 Å². The van der Waals surface area contributed by atoms with Gasteiger partial charge in [-0.15, -0.1) is 0 Å². The maximum Gasteiger partial charge on any atom is 0.335 e. The Labute approximate surface area is 157 Å². The van der Waals surface area contributed by atoms with E-state index in [9.17, 15) is 14.0 Å². The summed E-state index contributed by atoms with van der Waals surface area (Å²) in [5.41, 5.74) is 0.819. The minimum Gasteiger partial charge on any atom is -0.480 e. The van der Waals surface area contributed by atoms with E-state index in [4.69, 9.17) is 21.8 Å². The molecular formula is C18H13ClFNO4S. The lowest BCUT2D eigenvalue weighted by molar-refractivity contribution is -0.137. The number of aromatic carboxylic acids is 1. The molecule has 3 rings (SSSR count). The van der Waals surface area contributed by atoms with Crippen molar-refractivity contribution in [2.45, 2.75) is 23.3 Å². The molecule has 8 heteroatoms. The molecule has 134 valence electrons. The average molecular weight is 394 g/mol. The molecule has 2 aromatic carbocycles. The standard InChI is InChI=1S/C18H13ClFNO4S/c1-9-17(26-11-4-2-3-10(7-11)18(24)25)12-5-6-13(19)15(20)16(12)21(9)8-14(22)23/h2-7H,8H2,1H3,(H,22,23)(H,24,25). The Bertz CT molecular complexity index is 1050. The first kappa shape index (κ1) is 18.3. The molecule has 0 saturated heterocycles. The number of fused-ring (bicyclic) bond motifs is 1. The van der Waals surface area contributed by atoms with Crippen LogP contribution in [0, 0.1) is 12.7 Å². The highest BCUT2D eigenvalue weighted by molar-refractivity contribution is 7.99. The Kier molecular flexibility index (Phi) is 4.93. The van der Waals surface area contributed by atoms with Crippen molar-refractivity contribution in [2.75, 3.05) is 0 Å². The third kappa shape index (κ3) is 3.27. The minimum absolute atomic E-state index is 0.0916. The van der Waals surface area contributed by atoms with Crippen LogP contribution in [0.4, 0.5) is 4.39 Å². The molecule has 0 atom stereocenters. The van der Waals surface area contributed by atoms with Gasteiger partial charge in [-0.2, -0.15) is 0 Å². The smallest absolute Gasteiger partial charge is 0.335 e. The van der Waals surface area contributed by atoms with Gasteiger partial charge in [0.05, 0.1) is 16.1 Å². The molecule has 26 heavy (non-hydrogen) atoms. The summed E-state index contributed by atoms with van der Waals surface area (Å²) in [6.45, 7) is 1.29. The van der Waals surface area contributed by atoms with Crippen LogP contribution in [-0.4, -0.2) is 26.7 Å². The number of aliphatic carboxylic acids is 1. The van der Waals surface area contributed by atoms with E-state index in [1.807, 2.05) is 0 Å². The van der Waals surface area contributed by atoms with Gasteiger partial charge in [0.25, 0.3) is 0 Å². The van der Waals surface area contributed by atoms with Gasteiger partial charge >= 0.3 is 11.9 Å². The lowest BCUT2D eigenvalue weighted by Crippen LogP contribution is -2.10. The molecule has 0 amide bonds. The zero-order valence-electron chi connectivity index (χ0n) is 13.5. The largest absolute Gasteiger partial charge is 0.480 e. The second-order valence-electron chi connectivity index (χ2n) is 5.59. The van der Waals surface area contributed by atoms with Crippen LogP contribution in [0.1, 0.15) is 16.1 Å². The van der Waals surface area contributed by atoms with Crippen LogP contribution in [0.5, 0.6) is 0 Å². The summed E-state index contributed by atoms with van der Waals surface area (Å²) in [5.74, 6) is -2.83. The maximum absolute atomic E-state index is 14.6. The molecule has 0 radical (unpaired) electrons. The summed E-state index contributed by atoms with van der Waals surface area (Å²) >= 11 is 7.12. The van der Waals surface area contributed by atoms with Gasteiger partial charge in [-0.25, -0.2) is 9.18 Å². The molecule has 0 aliphatic heterocycles. The van der Waals surface area contributed by atoms with Crippen molar-refractivity contribution in [3.8, 4) is 0 Å². The van der Waals surface area contributed by atoms with Gasteiger partial charge in [-0.1, -0.05) is 29.4 Å². The molecule has 5 nitrogen and oxygen atoms in total. The van der Waals surface area contributed by atoms with E-state index in [1.165, 1.54) is 34.5 Å². The molecule has 3 aromatic rings. The van der Waals surface area contributed by atoms with Gasteiger partial charge in [0.1, 0.15) is 6.54 Å². The molecule has 0 saturated carbocycles. The van der Waals surface area contributed by atoms with Gasteiger partial charge < -0.3 is 14.8 Å². The number of halogens is 2. The zero-order valence-corrected chi connectivity index (χ0v) is 15.1. The molecule has 0 fully saturated rings. The number of hydrogen-bond donors (Lipinski definition) is 2. The van der Waals surface area contributed by atoms with Crippen molar-refractivity contribution in [1.29, 1.82) is 0 Å². The summed E-state index contributed by atoms with van der Waals surface area (Å²) in [5, 5.41) is 18.7. The molecule has 0 bridgehead atoms. The van der Waals surface area contributed by atoms with Crippen molar-refractivity contribution in [3.05, 3.63) is 58.5 Å². The fraction of sp³-hybridized carbons (Fsp3) is 0.111. The quantitative estimate of drug-likeness (QED) is 0.658. The third-order valence-electron chi connectivity index (χ3n) is 3.91. The van der Waals surface area contributed by atoms with Crippen LogP contribution < -0.4 is 0 Å². The minimum atomic E-state index is -1.10. The van der Waals surface area contributed by atoms with Gasteiger partial charge in [0.15, 0.2) is 5.82 Å². The number of carboxylic acid groups (broad SMARTS) is 2. The number of carboxylic acids is 2. The second kappa shape index (κ2) is 7.01. The second-order valence-corrected chi connectivity index (χ2v) is 7.08. The number of rotatable bonds is 5. The third-order valence-corrected chi connectivity index (χ3v) is 5.41. The summed E-state index contributed by atoms with van der Waals surface area (Å²) in [7, 11) is 0. The molecule has 0 aliphatic rings. The van der Waals surface area contributed by atoms with Crippen LogP contribution in [0.3, 0.4) is 0 Å². The van der Waals surface area contributed by atoms with Crippen LogP contribution >= 0.6 is 23.4 Å². The van der Waals surface area contributed by atoms with Crippen molar-refractivity contribution in [1.82, 2.24) is 4.57 Å². The molecule has 1 aromatic heterocycles. The van der Waals surface area contributed by atoms with E-state index < -0.39 is 24.3 Å². The lowest BCUT2D eigenvalue weighted by atomic mass is 10.2. The van der Waals surface area contributed by atoms with E-state index in [0.29, 0.717) is 20.9 Å². The maximum atomic E-state index is 14.6. The Morgan fingerprint density at radius 3 is 2.62 bits per heavy atom. The monoisotopic (exact) mass is 393 g/mol. The Hall–Kier alpha value is -2.51. The molecular weight excluding hydrogens is 381 g/mol. The first-order valence-electron chi connectivity index (χ1n) is 7.49. The summed E-state index contributed by atoms with van der Waals surface area (Å²) < 4.78 is 15.9. The first-order chi connectivity index (χ1) is 12.3. The Balaban J connectivity index is 2.19. The molecule has 0 aliphatic carbocycles. The fourth-order valence-electron chi connectivity index (χ4n) is 2.74. The summed E-state index contributed by atoms with van der Waals surface area (Å²) in [6, 6.07) is 9.40. The van der Waals surface area contributed by atoms with Crippen molar-refractivity contribution < 1.29 is 24.2 Å².